The number of hydrogen-bond acceptors (Lipinski definition) is 4. The summed E-state index contributed by atoms with van der Waals surface area (Å²) in [5.74, 6) is -1.25. The van der Waals surface area contributed by atoms with Gasteiger partial charge >= 0.3 is 5.97 Å². The first-order valence-electron chi connectivity index (χ1n) is 4.20. The molecule has 7 heteroatoms. The molecule has 0 aliphatic rings. The van der Waals surface area contributed by atoms with Gasteiger partial charge in [-0.1, -0.05) is 0 Å². The maximum absolute atomic E-state index is 11.1. The lowest BCUT2D eigenvalue weighted by molar-refractivity contribution is -0.137. The van der Waals surface area contributed by atoms with E-state index in [9.17, 15) is 13.2 Å². The molecule has 0 saturated heterocycles. The highest BCUT2D eigenvalue weighted by Crippen LogP contribution is 1.94. The van der Waals surface area contributed by atoms with Crippen LogP contribution in [0.25, 0.3) is 0 Å². The fourth-order valence-electron chi connectivity index (χ4n) is 0.733. The van der Waals surface area contributed by atoms with Crippen LogP contribution in [-0.2, 0) is 14.8 Å². The Hall–Kier alpha value is -0.660. The summed E-state index contributed by atoms with van der Waals surface area (Å²) in [4.78, 5) is 10.1. The van der Waals surface area contributed by atoms with E-state index in [-0.39, 0.29) is 25.1 Å². The summed E-state index contributed by atoms with van der Waals surface area (Å²) in [6.07, 6.45) is -0.843. The Morgan fingerprint density at radius 2 is 2.07 bits per heavy atom. The normalized spacial score (nSPS) is 13.9. The molecular weight excluding hydrogens is 210 g/mol. The minimum absolute atomic E-state index is 0.0462. The van der Waals surface area contributed by atoms with E-state index in [2.05, 4.69) is 4.72 Å². The largest absolute Gasteiger partial charge is 0.481 e. The van der Waals surface area contributed by atoms with Crippen molar-refractivity contribution < 1.29 is 23.4 Å². The highest BCUT2D eigenvalue weighted by molar-refractivity contribution is 7.89. The first-order chi connectivity index (χ1) is 6.33. The van der Waals surface area contributed by atoms with Gasteiger partial charge in [0.2, 0.25) is 10.0 Å². The molecule has 0 aromatic rings. The van der Waals surface area contributed by atoms with Crippen LogP contribution < -0.4 is 4.72 Å². The van der Waals surface area contributed by atoms with Gasteiger partial charge in [-0.15, -0.1) is 0 Å². The van der Waals surface area contributed by atoms with Crippen molar-refractivity contribution in [3.63, 3.8) is 0 Å². The third-order valence-electron chi connectivity index (χ3n) is 1.40. The molecule has 0 aliphatic carbocycles. The highest BCUT2D eigenvalue weighted by atomic mass is 32.2. The van der Waals surface area contributed by atoms with Crippen LogP contribution >= 0.6 is 0 Å². The molecule has 0 aromatic carbocycles. The molecule has 0 amide bonds. The molecule has 0 aliphatic heterocycles. The van der Waals surface area contributed by atoms with Crippen molar-refractivity contribution in [3.05, 3.63) is 0 Å². The Morgan fingerprint density at radius 1 is 1.50 bits per heavy atom. The fraction of sp³-hybridized carbons (Fsp3) is 0.857. The van der Waals surface area contributed by atoms with Gasteiger partial charge in [-0.3, -0.25) is 4.79 Å². The van der Waals surface area contributed by atoms with Gasteiger partial charge in [0.25, 0.3) is 0 Å². The third-order valence-corrected chi connectivity index (χ3v) is 2.83. The van der Waals surface area contributed by atoms with E-state index < -0.39 is 22.1 Å². The molecule has 84 valence electrons. The van der Waals surface area contributed by atoms with E-state index in [0.717, 1.165) is 0 Å². The van der Waals surface area contributed by atoms with Crippen LogP contribution in [0, 0.1) is 0 Å². The molecule has 1 atom stereocenters. The summed E-state index contributed by atoms with van der Waals surface area (Å²) < 4.78 is 24.4. The summed E-state index contributed by atoms with van der Waals surface area (Å²) in [5.41, 5.74) is 0. The zero-order chi connectivity index (χ0) is 11.2. The van der Waals surface area contributed by atoms with E-state index in [1.165, 1.54) is 6.92 Å². The maximum atomic E-state index is 11.1. The lowest BCUT2D eigenvalue weighted by Crippen LogP contribution is -2.32. The van der Waals surface area contributed by atoms with Crippen LogP contribution in [0.15, 0.2) is 0 Å². The Bertz CT molecular complexity index is 272. The van der Waals surface area contributed by atoms with Crippen LogP contribution in [0.1, 0.15) is 19.8 Å². The van der Waals surface area contributed by atoms with Gasteiger partial charge in [0.15, 0.2) is 0 Å². The third kappa shape index (κ3) is 7.96. The lowest BCUT2D eigenvalue weighted by Gasteiger charge is -2.07. The second-order valence-electron chi connectivity index (χ2n) is 3.01. The van der Waals surface area contributed by atoms with Crippen molar-refractivity contribution >= 4 is 16.0 Å². The van der Waals surface area contributed by atoms with E-state index in [1.807, 2.05) is 0 Å². The van der Waals surface area contributed by atoms with Crippen molar-refractivity contribution in [2.24, 2.45) is 0 Å². The fourth-order valence-corrected chi connectivity index (χ4v) is 1.90. The quantitative estimate of drug-likeness (QED) is 0.523. The SMILES string of the molecule is CC(O)CNS(=O)(=O)CCCC(=O)O. The summed E-state index contributed by atoms with van der Waals surface area (Å²) in [5, 5.41) is 17.1. The van der Waals surface area contributed by atoms with Crippen LogP contribution in [0.4, 0.5) is 0 Å². The van der Waals surface area contributed by atoms with Gasteiger partial charge in [0, 0.05) is 13.0 Å². The van der Waals surface area contributed by atoms with E-state index >= 15 is 0 Å². The minimum atomic E-state index is -3.45. The second-order valence-corrected chi connectivity index (χ2v) is 4.94. The van der Waals surface area contributed by atoms with Crippen molar-refractivity contribution in [2.75, 3.05) is 12.3 Å². The van der Waals surface area contributed by atoms with Crippen LogP contribution in [0.3, 0.4) is 0 Å². The molecule has 0 bridgehead atoms. The number of aliphatic hydroxyl groups excluding tert-OH is 1. The number of carboxylic acids is 1. The zero-order valence-corrected chi connectivity index (χ0v) is 8.75. The molecule has 3 N–H and O–H groups in total. The number of sulfonamides is 1. The minimum Gasteiger partial charge on any atom is -0.481 e. The summed E-state index contributed by atoms with van der Waals surface area (Å²) in [6, 6.07) is 0. The molecule has 0 radical (unpaired) electrons. The molecule has 0 rings (SSSR count). The smallest absolute Gasteiger partial charge is 0.303 e. The van der Waals surface area contributed by atoms with Crippen LogP contribution in [0.5, 0.6) is 0 Å². The number of carboxylic acid groups (broad SMARTS) is 1. The first kappa shape index (κ1) is 13.3. The standard InChI is InChI=1S/C7H15NO5S/c1-6(9)5-8-14(12,13)4-2-3-7(10)11/h6,8-9H,2-5H2,1H3,(H,10,11). The predicted octanol–water partition coefficient (Wildman–Crippen LogP) is -0.849. The number of hydrogen-bond donors (Lipinski definition) is 3. The Balaban J connectivity index is 3.79. The van der Waals surface area contributed by atoms with E-state index in [0.29, 0.717) is 0 Å². The Labute approximate surface area is 83.0 Å². The van der Waals surface area contributed by atoms with E-state index in [4.69, 9.17) is 10.2 Å². The van der Waals surface area contributed by atoms with Crippen molar-refractivity contribution in [3.8, 4) is 0 Å². The number of aliphatic hydroxyl groups is 1. The topological polar surface area (TPSA) is 104 Å². The van der Waals surface area contributed by atoms with Crippen molar-refractivity contribution in [2.45, 2.75) is 25.9 Å². The zero-order valence-electron chi connectivity index (χ0n) is 7.93. The molecule has 14 heavy (non-hydrogen) atoms. The lowest BCUT2D eigenvalue weighted by atomic mass is 10.3. The molecule has 0 heterocycles. The number of rotatable bonds is 7. The summed E-state index contributed by atoms with van der Waals surface area (Å²) >= 11 is 0. The number of carbonyl (C=O) groups is 1. The molecule has 0 aromatic heterocycles. The Kier molecular flexibility index (Phi) is 5.66. The number of nitrogens with one attached hydrogen (secondary N) is 1. The van der Waals surface area contributed by atoms with Gasteiger partial charge in [0.05, 0.1) is 11.9 Å². The molecule has 1 unspecified atom stereocenters. The van der Waals surface area contributed by atoms with Gasteiger partial charge in [-0.25, -0.2) is 13.1 Å². The van der Waals surface area contributed by atoms with E-state index in [1.54, 1.807) is 0 Å². The second kappa shape index (κ2) is 5.94. The summed E-state index contributed by atoms with van der Waals surface area (Å²) in [7, 11) is -3.45. The predicted molar refractivity (Wildman–Crippen MR) is 50.3 cm³/mol. The van der Waals surface area contributed by atoms with Crippen molar-refractivity contribution in [1.29, 1.82) is 0 Å². The van der Waals surface area contributed by atoms with Crippen molar-refractivity contribution in [1.82, 2.24) is 4.72 Å². The van der Waals surface area contributed by atoms with Gasteiger partial charge in [-0.05, 0) is 13.3 Å². The van der Waals surface area contributed by atoms with Gasteiger partial charge in [0.1, 0.15) is 0 Å². The Morgan fingerprint density at radius 3 is 2.50 bits per heavy atom. The maximum Gasteiger partial charge on any atom is 0.303 e. The molecule has 0 fully saturated rings. The molecule has 0 saturated carbocycles. The molecule has 6 nitrogen and oxygen atoms in total. The monoisotopic (exact) mass is 225 g/mol. The van der Waals surface area contributed by atoms with Gasteiger partial charge < -0.3 is 10.2 Å². The summed E-state index contributed by atoms with van der Waals surface area (Å²) in [6.45, 7) is 1.41. The first-order valence-corrected chi connectivity index (χ1v) is 5.86. The highest BCUT2D eigenvalue weighted by Gasteiger charge is 2.11. The van der Waals surface area contributed by atoms with Crippen LogP contribution in [0.2, 0.25) is 0 Å². The molecule has 0 spiro atoms. The number of aliphatic carboxylic acids is 1. The molecular formula is C7H15NO5S. The van der Waals surface area contributed by atoms with Gasteiger partial charge in [-0.2, -0.15) is 0 Å². The average molecular weight is 225 g/mol. The van der Waals surface area contributed by atoms with Crippen LogP contribution in [-0.4, -0.2) is 43.0 Å². The average Bonchev–Trinajstić information content (AvgIpc) is 2.00.